The predicted molar refractivity (Wildman–Crippen MR) is 85.5 cm³/mol. The summed E-state index contributed by atoms with van der Waals surface area (Å²) in [6.07, 6.45) is 10.6. The van der Waals surface area contributed by atoms with E-state index in [-0.39, 0.29) is 28.8 Å². The molecular formula is C19H26O3. The Hall–Kier alpha value is -1.22. The number of epoxide rings is 1. The summed E-state index contributed by atoms with van der Waals surface area (Å²) in [5, 5.41) is 0. The quantitative estimate of drug-likeness (QED) is 0.421. The first-order valence-electron chi connectivity index (χ1n) is 8.43. The largest absolute Gasteiger partial charge is 0.358 e. The molecule has 120 valence electrons. The Morgan fingerprint density at radius 1 is 1.18 bits per heavy atom. The summed E-state index contributed by atoms with van der Waals surface area (Å²) in [5.74, 6) is -0.235. The second-order valence-corrected chi connectivity index (χ2v) is 7.73. The monoisotopic (exact) mass is 302 g/mol. The molecule has 0 N–H and O–H groups in total. The highest BCUT2D eigenvalue weighted by Gasteiger charge is 2.58. The van der Waals surface area contributed by atoms with Gasteiger partial charge in [0.15, 0.2) is 5.78 Å². The second kappa shape index (κ2) is 5.45. The molecule has 0 amide bonds. The van der Waals surface area contributed by atoms with E-state index in [0.717, 1.165) is 44.8 Å². The van der Waals surface area contributed by atoms with Crippen molar-refractivity contribution < 1.29 is 14.3 Å². The zero-order valence-electron chi connectivity index (χ0n) is 13.9. The molecule has 1 aliphatic heterocycles. The van der Waals surface area contributed by atoms with Gasteiger partial charge in [0.2, 0.25) is 0 Å². The third kappa shape index (κ3) is 2.60. The number of rotatable bonds is 1. The van der Waals surface area contributed by atoms with E-state index in [2.05, 4.69) is 19.9 Å². The normalized spacial score (nSPS) is 44.6. The number of aldehydes is 1. The van der Waals surface area contributed by atoms with Crippen molar-refractivity contribution in [3.63, 3.8) is 0 Å². The van der Waals surface area contributed by atoms with E-state index in [1.54, 1.807) is 0 Å². The Morgan fingerprint density at radius 2 is 1.91 bits per heavy atom. The van der Waals surface area contributed by atoms with Crippen molar-refractivity contribution in [3.05, 3.63) is 23.3 Å². The van der Waals surface area contributed by atoms with Crippen LogP contribution in [0.5, 0.6) is 0 Å². The Kier molecular flexibility index (Phi) is 3.88. The van der Waals surface area contributed by atoms with Crippen molar-refractivity contribution in [1.29, 1.82) is 0 Å². The first-order valence-corrected chi connectivity index (χ1v) is 8.43. The summed E-state index contributed by atoms with van der Waals surface area (Å²) in [7, 11) is 0. The van der Waals surface area contributed by atoms with Crippen LogP contribution in [0.15, 0.2) is 23.3 Å². The molecule has 1 heterocycles. The molecule has 0 aromatic rings. The molecule has 0 aromatic carbocycles. The number of carbonyl (C=O) groups is 2. The molecule has 3 aliphatic rings. The van der Waals surface area contributed by atoms with Crippen LogP contribution in [0.1, 0.15) is 59.3 Å². The zero-order chi connectivity index (χ0) is 16.0. The van der Waals surface area contributed by atoms with Crippen molar-refractivity contribution >= 4 is 12.1 Å². The van der Waals surface area contributed by atoms with Gasteiger partial charge in [-0.25, -0.2) is 0 Å². The van der Waals surface area contributed by atoms with Crippen LogP contribution in [0.3, 0.4) is 0 Å². The van der Waals surface area contributed by atoms with Gasteiger partial charge in [0.1, 0.15) is 18.0 Å². The summed E-state index contributed by atoms with van der Waals surface area (Å²) in [6.45, 7) is 6.35. The number of hydrogen-bond donors (Lipinski definition) is 0. The highest BCUT2D eigenvalue weighted by molar-refractivity contribution is 6.04. The minimum Gasteiger partial charge on any atom is -0.358 e. The first kappa shape index (κ1) is 15.7. The van der Waals surface area contributed by atoms with Gasteiger partial charge in [-0.15, -0.1) is 0 Å². The van der Waals surface area contributed by atoms with Crippen molar-refractivity contribution in [2.75, 3.05) is 0 Å². The maximum Gasteiger partial charge on any atom is 0.190 e. The van der Waals surface area contributed by atoms with Gasteiger partial charge in [-0.3, -0.25) is 4.79 Å². The molecule has 0 radical (unpaired) electrons. The predicted octanol–water partition coefficient (Wildman–Crippen LogP) is 3.77. The summed E-state index contributed by atoms with van der Waals surface area (Å²) in [6, 6.07) is 0. The number of fused-ring (bicyclic) bond motifs is 3. The summed E-state index contributed by atoms with van der Waals surface area (Å²) in [5.41, 5.74) is 1.64. The van der Waals surface area contributed by atoms with E-state index in [1.807, 2.05) is 13.0 Å². The fourth-order valence-corrected chi connectivity index (χ4v) is 4.08. The number of hydrogen-bond acceptors (Lipinski definition) is 3. The standard InChI is InChI=1S/C19H26O3/c1-13-6-4-10-19(3)17(22-19)16(21)14-7-5-9-18(2,11-8-13)15(14)12-20/h6-7,12,15,17H,4-5,8-11H2,1-3H3/b13-6+/t15-,17-,18+,19-/m1/s1. The molecule has 2 aliphatic carbocycles. The van der Waals surface area contributed by atoms with Gasteiger partial charge >= 0.3 is 0 Å². The average molecular weight is 302 g/mol. The molecule has 22 heavy (non-hydrogen) atoms. The fraction of sp³-hybridized carbons (Fsp3) is 0.684. The number of carbonyl (C=O) groups excluding carboxylic acids is 2. The molecule has 1 fully saturated rings. The zero-order valence-corrected chi connectivity index (χ0v) is 13.9. The van der Waals surface area contributed by atoms with Crippen molar-refractivity contribution in [2.24, 2.45) is 11.3 Å². The smallest absolute Gasteiger partial charge is 0.190 e. The molecule has 3 nitrogen and oxygen atoms in total. The van der Waals surface area contributed by atoms with E-state index in [1.165, 1.54) is 5.57 Å². The molecule has 0 unspecified atom stereocenters. The highest BCUT2D eigenvalue weighted by atomic mass is 16.6. The number of Topliss-reactive ketones (excluding diaryl/α,β-unsaturated/α-hetero) is 1. The Bertz CT molecular complexity index is 559. The van der Waals surface area contributed by atoms with Crippen LogP contribution in [0, 0.1) is 11.3 Å². The molecule has 0 spiro atoms. The molecule has 1 saturated heterocycles. The van der Waals surface area contributed by atoms with Gasteiger partial charge in [0.25, 0.3) is 0 Å². The molecule has 4 atom stereocenters. The van der Waals surface area contributed by atoms with Crippen LogP contribution >= 0.6 is 0 Å². The van der Waals surface area contributed by atoms with E-state index in [9.17, 15) is 9.59 Å². The van der Waals surface area contributed by atoms with Crippen LogP contribution in [-0.4, -0.2) is 23.8 Å². The first-order chi connectivity index (χ1) is 10.4. The lowest BCUT2D eigenvalue weighted by atomic mass is 9.63. The van der Waals surface area contributed by atoms with E-state index >= 15 is 0 Å². The lowest BCUT2D eigenvalue weighted by molar-refractivity contribution is -0.121. The van der Waals surface area contributed by atoms with Gasteiger partial charge in [0.05, 0.1) is 0 Å². The molecule has 3 heteroatoms. The fourth-order valence-electron chi connectivity index (χ4n) is 4.08. The van der Waals surface area contributed by atoms with Crippen molar-refractivity contribution in [1.82, 2.24) is 0 Å². The lowest BCUT2D eigenvalue weighted by Crippen LogP contribution is -2.37. The van der Waals surface area contributed by atoms with Crippen LogP contribution in [0.2, 0.25) is 0 Å². The van der Waals surface area contributed by atoms with E-state index < -0.39 is 0 Å². The van der Waals surface area contributed by atoms with Crippen LogP contribution in [-0.2, 0) is 14.3 Å². The van der Waals surface area contributed by atoms with Crippen LogP contribution in [0.4, 0.5) is 0 Å². The van der Waals surface area contributed by atoms with E-state index in [4.69, 9.17) is 4.74 Å². The minimum absolute atomic E-state index is 0.0480. The number of ether oxygens (including phenoxy) is 1. The van der Waals surface area contributed by atoms with Crippen LogP contribution in [0.25, 0.3) is 0 Å². The molecule has 2 bridgehead atoms. The minimum atomic E-state index is -0.350. The topological polar surface area (TPSA) is 46.7 Å². The Labute approximate surface area is 132 Å². The van der Waals surface area contributed by atoms with Gasteiger partial charge in [-0.1, -0.05) is 24.6 Å². The van der Waals surface area contributed by atoms with Gasteiger partial charge < -0.3 is 9.53 Å². The van der Waals surface area contributed by atoms with Crippen molar-refractivity contribution in [3.8, 4) is 0 Å². The molecule has 0 saturated carbocycles. The third-order valence-corrected chi connectivity index (χ3v) is 5.93. The third-order valence-electron chi connectivity index (χ3n) is 5.93. The Balaban J connectivity index is 1.97. The number of ketones is 1. The summed E-state index contributed by atoms with van der Waals surface area (Å²) < 4.78 is 5.75. The van der Waals surface area contributed by atoms with Crippen molar-refractivity contribution in [2.45, 2.75) is 71.0 Å². The van der Waals surface area contributed by atoms with Crippen LogP contribution < -0.4 is 0 Å². The Morgan fingerprint density at radius 3 is 2.64 bits per heavy atom. The average Bonchev–Trinajstić information content (AvgIpc) is 3.15. The van der Waals surface area contributed by atoms with Gasteiger partial charge in [-0.05, 0) is 57.8 Å². The maximum atomic E-state index is 12.8. The van der Waals surface area contributed by atoms with E-state index in [0.29, 0.717) is 5.57 Å². The summed E-state index contributed by atoms with van der Waals surface area (Å²) in [4.78, 5) is 24.6. The van der Waals surface area contributed by atoms with Gasteiger partial charge in [0, 0.05) is 11.5 Å². The molecule has 3 rings (SSSR count). The molecular weight excluding hydrogens is 276 g/mol. The lowest BCUT2D eigenvalue weighted by Gasteiger charge is -2.39. The SMILES string of the molecule is C/C1=C\CC[C@@]2(C)O[C@@H]2C(=O)C2=CCC[C@@](C)(CC1)[C@@H]2C=O. The highest BCUT2D eigenvalue weighted by Crippen LogP contribution is 2.49. The molecule has 0 aromatic heterocycles. The summed E-state index contributed by atoms with van der Waals surface area (Å²) >= 11 is 0. The number of allylic oxidation sites excluding steroid dienone is 3. The van der Waals surface area contributed by atoms with Gasteiger partial charge in [-0.2, -0.15) is 0 Å². The maximum absolute atomic E-state index is 12.8. The second-order valence-electron chi connectivity index (χ2n) is 7.73.